The largest absolute Gasteiger partial charge is 0.341 e. The van der Waals surface area contributed by atoms with Gasteiger partial charge in [-0.3, -0.25) is 0 Å². The second-order valence-electron chi connectivity index (χ2n) is 4.37. The smallest absolute Gasteiger partial charge is 0.111 e. The number of H-pyrrole nitrogens is 1. The summed E-state index contributed by atoms with van der Waals surface area (Å²) in [5.41, 5.74) is 6.79. The Hall–Kier alpha value is -0.840. The van der Waals surface area contributed by atoms with Gasteiger partial charge in [0, 0.05) is 12.5 Å². The third-order valence-electron chi connectivity index (χ3n) is 2.84. The van der Waals surface area contributed by atoms with Gasteiger partial charge in [0.1, 0.15) is 5.82 Å². The van der Waals surface area contributed by atoms with Crippen LogP contribution in [0.2, 0.25) is 4.34 Å². The molecule has 0 spiro atoms. The van der Waals surface area contributed by atoms with Crippen LogP contribution in [0.15, 0.2) is 18.3 Å². The van der Waals surface area contributed by atoms with E-state index >= 15 is 0 Å². The maximum atomic E-state index is 5.92. The van der Waals surface area contributed by atoms with Crippen LogP contribution in [0, 0.1) is 5.92 Å². The predicted molar refractivity (Wildman–Crippen MR) is 73.5 cm³/mol. The number of nitrogens with two attached hydrogens (primary N) is 1. The fourth-order valence-electron chi connectivity index (χ4n) is 1.81. The molecule has 0 aromatic carbocycles. The Labute approximate surface area is 110 Å². The molecule has 0 radical (unpaired) electrons. The standard InChI is InChI=1S/C12H16ClN3S/c1-7(2)8(5-14)12-15-6-9(16-12)10-3-4-11(13)17-10/h3-4,6-8H,5,14H2,1-2H3,(H,15,16). The fourth-order valence-corrected chi connectivity index (χ4v) is 2.82. The zero-order chi connectivity index (χ0) is 12.4. The quantitative estimate of drug-likeness (QED) is 0.893. The van der Waals surface area contributed by atoms with Gasteiger partial charge in [-0.1, -0.05) is 25.4 Å². The zero-order valence-electron chi connectivity index (χ0n) is 9.90. The van der Waals surface area contributed by atoms with Gasteiger partial charge in [0.2, 0.25) is 0 Å². The van der Waals surface area contributed by atoms with Crippen LogP contribution in [0.4, 0.5) is 0 Å². The number of imidazole rings is 1. The zero-order valence-corrected chi connectivity index (χ0v) is 11.5. The van der Waals surface area contributed by atoms with Crippen molar-refractivity contribution in [3.8, 4) is 10.6 Å². The van der Waals surface area contributed by atoms with E-state index in [0.29, 0.717) is 12.5 Å². The van der Waals surface area contributed by atoms with Gasteiger partial charge >= 0.3 is 0 Å². The Kier molecular flexibility index (Phi) is 3.86. The summed E-state index contributed by atoms with van der Waals surface area (Å²) in [6.07, 6.45) is 1.85. The minimum Gasteiger partial charge on any atom is -0.341 e. The molecule has 0 aliphatic heterocycles. The van der Waals surface area contributed by atoms with Crippen LogP contribution in [-0.2, 0) is 0 Å². The van der Waals surface area contributed by atoms with Crippen LogP contribution < -0.4 is 5.73 Å². The minimum absolute atomic E-state index is 0.277. The van der Waals surface area contributed by atoms with Crippen molar-refractivity contribution < 1.29 is 0 Å². The number of rotatable bonds is 4. The average Bonchev–Trinajstić information content (AvgIpc) is 2.87. The summed E-state index contributed by atoms with van der Waals surface area (Å²) in [5.74, 6) is 1.71. The van der Waals surface area contributed by atoms with E-state index in [1.807, 2.05) is 18.3 Å². The number of nitrogens with one attached hydrogen (secondary N) is 1. The summed E-state index contributed by atoms with van der Waals surface area (Å²) >= 11 is 7.47. The molecule has 2 heterocycles. The van der Waals surface area contributed by atoms with Gasteiger partial charge in [-0.25, -0.2) is 4.98 Å². The van der Waals surface area contributed by atoms with Crippen LogP contribution in [0.25, 0.3) is 10.6 Å². The van der Waals surface area contributed by atoms with Crippen LogP contribution in [0.3, 0.4) is 0 Å². The lowest BCUT2D eigenvalue weighted by Crippen LogP contribution is -2.18. The molecule has 0 aliphatic rings. The van der Waals surface area contributed by atoms with Crippen molar-refractivity contribution in [2.24, 2.45) is 11.7 Å². The molecule has 3 nitrogen and oxygen atoms in total. The Bertz CT molecular complexity index is 489. The molecule has 1 unspecified atom stereocenters. The van der Waals surface area contributed by atoms with Crippen molar-refractivity contribution in [1.82, 2.24) is 9.97 Å². The van der Waals surface area contributed by atoms with Gasteiger partial charge in [-0.05, 0) is 18.1 Å². The van der Waals surface area contributed by atoms with Gasteiger partial charge in [0.15, 0.2) is 0 Å². The number of aromatic nitrogens is 2. The fraction of sp³-hybridized carbons (Fsp3) is 0.417. The van der Waals surface area contributed by atoms with Crippen LogP contribution in [0.1, 0.15) is 25.6 Å². The third kappa shape index (κ3) is 2.70. The first-order chi connectivity index (χ1) is 8.11. The molecule has 0 saturated heterocycles. The molecule has 2 aromatic rings. The number of hydrogen-bond acceptors (Lipinski definition) is 3. The molecule has 0 fully saturated rings. The first-order valence-electron chi connectivity index (χ1n) is 5.62. The first kappa shape index (κ1) is 12.6. The lowest BCUT2D eigenvalue weighted by molar-refractivity contribution is 0.487. The van der Waals surface area contributed by atoms with Crippen LogP contribution in [-0.4, -0.2) is 16.5 Å². The van der Waals surface area contributed by atoms with Crippen molar-refractivity contribution in [3.05, 3.63) is 28.5 Å². The molecule has 2 aromatic heterocycles. The van der Waals surface area contributed by atoms with Gasteiger partial charge in [0.25, 0.3) is 0 Å². The highest BCUT2D eigenvalue weighted by Gasteiger charge is 2.17. The molecule has 92 valence electrons. The molecular formula is C12H16ClN3S. The van der Waals surface area contributed by atoms with E-state index in [4.69, 9.17) is 17.3 Å². The summed E-state index contributed by atoms with van der Waals surface area (Å²) in [5, 5.41) is 0. The molecular weight excluding hydrogens is 254 g/mol. The normalized spacial score (nSPS) is 13.2. The molecule has 0 bridgehead atoms. The van der Waals surface area contributed by atoms with Crippen molar-refractivity contribution in [2.75, 3.05) is 6.54 Å². The molecule has 3 N–H and O–H groups in total. The molecule has 1 atom stereocenters. The number of thiophene rings is 1. The topological polar surface area (TPSA) is 54.7 Å². The Morgan fingerprint density at radius 1 is 1.47 bits per heavy atom. The molecule has 0 saturated carbocycles. The summed E-state index contributed by atoms with van der Waals surface area (Å²) in [4.78, 5) is 8.86. The monoisotopic (exact) mass is 269 g/mol. The maximum Gasteiger partial charge on any atom is 0.111 e. The van der Waals surface area contributed by atoms with Gasteiger partial charge in [0.05, 0.1) is 21.1 Å². The minimum atomic E-state index is 0.277. The molecule has 0 amide bonds. The van der Waals surface area contributed by atoms with Crippen molar-refractivity contribution in [1.29, 1.82) is 0 Å². The summed E-state index contributed by atoms with van der Waals surface area (Å²) in [6.45, 7) is 4.92. The second-order valence-corrected chi connectivity index (χ2v) is 6.09. The Morgan fingerprint density at radius 2 is 2.24 bits per heavy atom. The summed E-state index contributed by atoms with van der Waals surface area (Å²) < 4.78 is 0.787. The molecule has 5 heteroatoms. The van der Waals surface area contributed by atoms with Crippen molar-refractivity contribution in [2.45, 2.75) is 19.8 Å². The average molecular weight is 270 g/mol. The van der Waals surface area contributed by atoms with Crippen LogP contribution in [0.5, 0.6) is 0 Å². The van der Waals surface area contributed by atoms with E-state index in [1.165, 1.54) is 0 Å². The number of halogens is 1. The van der Waals surface area contributed by atoms with E-state index in [2.05, 4.69) is 23.8 Å². The van der Waals surface area contributed by atoms with Gasteiger partial charge < -0.3 is 10.7 Å². The maximum absolute atomic E-state index is 5.92. The van der Waals surface area contributed by atoms with Gasteiger partial charge in [-0.15, -0.1) is 11.3 Å². The highest BCUT2D eigenvalue weighted by Crippen LogP contribution is 2.31. The van der Waals surface area contributed by atoms with Crippen molar-refractivity contribution >= 4 is 22.9 Å². The van der Waals surface area contributed by atoms with Gasteiger partial charge in [-0.2, -0.15) is 0 Å². The third-order valence-corrected chi connectivity index (χ3v) is 4.11. The van der Waals surface area contributed by atoms with E-state index in [9.17, 15) is 0 Å². The van der Waals surface area contributed by atoms with Crippen LogP contribution >= 0.6 is 22.9 Å². The van der Waals surface area contributed by atoms with E-state index in [-0.39, 0.29) is 5.92 Å². The molecule has 17 heavy (non-hydrogen) atoms. The number of aromatic amines is 1. The predicted octanol–water partition coefficient (Wildman–Crippen LogP) is 3.49. The SMILES string of the molecule is CC(C)C(CN)c1ncc(-c2ccc(Cl)s2)[nH]1. The highest BCUT2D eigenvalue weighted by molar-refractivity contribution is 7.19. The van der Waals surface area contributed by atoms with Crippen molar-refractivity contribution in [3.63, 3.8) is 0 Å². The number of hydrogen-bond donors (Lipinski definition) is 2. The highest BCUT2D eigenvalue weighted by atomic mass is 35.5. The lowest BCUT2D eigenvalue weighted by Gasteiger charge is -2.15. The Morgan fingerprint density at radius 3 is 2.76 bits per heavy atom. The Balaban J connectivity index is 2.26. The molecule has 2 rings (SSSR count). The first-order valence-corrected chi connectivity index (χ1v) is 6.82. The molecule has 0 aliphatic carbocycles. The van der Waals surface area contributed by atoms with E-state index < -0.39 is 0 Å². The lowest BCUT2D eigenvalue weighted by atomic mass is 9.95. The summed E-state index contributed by atoms with van der Waals surface area (Å²) in [6, 6.07) is 3.89. The number of nitrogens with zero attached hydrogens (tertiary/aromatic N) is 1. The van der Waals surface area contributed by atoms with E-state index in [1.54, 1.807) is 11.3 Å². The van der Waals surface area contributed by atoms with E-state index in [0.717, 1.165) is 20.7 Å². The summed E-state index contributed by atoms with van der Waals surface area (Å²) in [7, 11) is 0. The second kappa shape index (κ2) is 5.21.